The van der Waals surface area contributed by atoms with Crippen LogP contribution in [0.1, 0.15) is 12.5 Å². The van der Waals surface area contributed by atoms with Crippen molar-refractivity contribution in [3.8, 4) is 0 Å². The third-order valence-electron chi connectivity index (χ3n) is 3.42. The summed E-state index contributed by atoms with van der Waals surface area (Å²) in [6.07, 6.45) is 1.69. The highest BCUT2D eigenvalue weighted by atomic mass is 32.2. The smallest absolute Gasteiger partial charge is 0.283 e. The quantitative estimate of drug-likeness (QED) is 0.783. The second-order valence-corrected chi connectivity index (χ2v) is 6.38. The lowest BCUT2D eigenvalue weighted by Crippen LogP contribution is -2.30. The van der Waals surface area contributed by atoms with E-state index in [9.17, 15) is 14.0 Å². The number of Topliss-reactive ketones (excluding diaryl/α,β-unsaturated/α-hetero) is 1. The van der Waals surface area contributed by atoms with Gasteiger partial charge >= 0.3 is 0 Å². The minimum atomic E-state index is -0.384. The van der Waals surface area contributed by atoms with Crippen molar-refractivity contribution >= 4 is 40.4 Å². The highest BCUT2D eigenvalue weighted by Gasteiger charge is 2.32. The Morgan fingerprint density at radius 3 is 2.48 bits per heavy atom. The SMILES string of the molecule is CC(=O)CSC1=NC(=Cc2ccccc2)C(=O)N1c1ccc(F)cc1. The third-order valence-corrected chi connectivity index (χ3v) is 4.50. The second kappa shape index (κ2) is 7.44. The number of amides is 1. The Labute approximate surface area is 149 Å². The van der Waals surface area contributed by atoms with E-state index in [-0.39, 0.29) is 29.0 Å². The number of amidine groups is 1. The minimum absolute atomic E-state index is 0.0142. The molecule has 6 heteroatoms. The van der Waals surface area contributed by atoms with Crippen LogP contribution in [0.15, 0.2) is 65.3 Å². The van der Waals surface area contributed by atoms with E-state index < -0.39 is 0 Å². The summed E-state index contributed by atoms with van der Waals surface area (Å²) in [6.45, 7) is 1.48. The maximum Gasteiger partial charge on any atom is 0.283 e. The first-order valence-corrected chi connectivity index (χ1v) is 8.61. The van der Waals surface area contributed by atoms with Gasteiger partial charge in [0, 0.05) is 0 Å². The van der Waals surface area contributed by atoms with Crippen molar-refractivity contribution in [1.82, 2.24) is 0 Å². The van der Waals surface area contributed by atoms with Crippen LogP contribution in [-0.2, 0) is 9.59 Å². The lowest BCUT2D eigenvalue weighted by Gasteiger charge is -2.17. The molecule has 2 aromatic carbocycles. The summed E-state index contributed by atoms with van der Waals surface area (Å²) in [7, 11) is 0. The lowest BCUT2D eigenvalue weighted by molar-refractivity contribution is -0.115. The van der Waals surface area contributed by atoms with Crippen molar-refractivity contribution in [2.75, 3.05) is 10.7 Å². The first-order valence-electron chi connectivity index (χ1n) is 7.62. The Morgan fingerprint density at radius 2 is 1.84 bits per heavy atom. The third kappa shape index (κ3) is 4.03. The number of ketones is 1. The summed E-state index contributed by atoms with van der Waals surface area (Å²) in [5.41, 5.74) is 1.64. The number of hydrogen-bond acceptors (Lipinski definition) is 4. The molecule has 1 aliphatic heterocycles. The van der Waals surface area contributed by atoms with Gasteiger partial charge in [0.1, 0.15) is 17.3 Å². The minimum Gasteiger partial charge on any atom is -0.299 e. The predicted octanol–water partition coefficient (Wildman–Crippen LogP) is 3.89. The van der Waals surface area contributed by atoms with Crippen LogP contribution >= 0.6 is 11.8 Å². The van der Waals surface area contributed by atoms with Crippen LogP contribution in [0, 0.1) is 5.82 Å². The zero-order chi connectivity index (χ0) is 17.8. The van der Waals surface area contributed by atoms with Crippen LogP contribution in [0.2, 0.25) is 0 Å². The average molecular weight is 354 g/mol. The lowest BCUT2D eigenvalue weighted by atomic mass is 10.2. The Hall–Kier alpha value is -2.73. The summed E-state index contributed by atoms with van der Waals surface area (Å²) in [6, 6.07) is 15.0. The van der Waals surface area contributed by atoms with Gasteiger partial charge in [-0.1, -0.05) is 42.1 Å². The monoisotopic (exact) mass is 354 g/mol. The fourth-order valence-corrected chi connectivity index (χ4v) is 3.10. The molecule has 1 amide bonds. The van der Waals surface area contributed by atoms with Gasteiger partial charge in [-0.05, 0) is 42.8 Å². The molecule has 0 aliphatic carbocycles. The van der Waals surface area contributed by atoms with Crippen LogP contribution < -0.4 is 4.90 Å². The molecule has 3 rings (SSSR count). The van der Waals surface area contributed by atoms with E-state index in [1.165, 1.54) is 47.9 Å². The van der Waals surface area contributed by atoms with Gasteiger partial charge in [0.25, 0.3) is 5.91 Å². The molecule has 25 heavy (non-hydrogen) atoms. The van der Waals surface area contributed by atoms with Crippen molar-refractivity contribution in [3.63, 3.8) is 0 Å². The van der Waals surface area contributed by atoms with Crippen LogP contribution in [0.5, 0.6) is 0 Å². The molecule has 0 saturated carbocycles. The molecule has 1 aliphatic rings. The largest absolute Gasteiger partial charge is 0.299 e. The number of thioether (sulfide) groups is 1. The van der Waals surface area contributed by atoms with Crippen LogP contribution in [0.3, 0.4) is 0 Å². The number of halogens is 1. The molecule has 0 aromatic heterocycles. The van der Waals surface area contributed by atoms with Crippen molar-refractivity contribution in [3.05, 3.63) is 71.7 Å². The van der Waals surface area contributed by atoms with Gasteiger partial charge in [0.05, 0.1) is 11.4 Å². The Morgan fingerprint density at radius 1 is 1.16 bits per heavy atom. The molecule has 0 N–H and O–H groups in total. The van der Waals surface area contributed by atoms with Crippen molar-refractivity contribution in [2.24, 2.45) is 4.99 Å². The van der Waals surface area contributed by atoms with Crippen molar-refractivity contribution in [2.45, 2.75) is 6.92 Å². The van der Waals surface area contributed by atoms with Gasteiger partial charge in [0.2, 0.25) is 0 Å². The van der Waals surface area contributed by atoms with Crippen molar-refractivity contribution in [1.29, 1.82) is 0 Å². The van der Waals surface area contributed by atoms with E-state index in [4.69, 9.17) is 0 Å². The van der Waals surface area contributed by atoms with E-state index in [0.717, 1.165) is 5.56 Å². The molecule has 0 spiro atoms. The average Bonchev–Trinajstić information content (AvgIpc) is 2.91. The molecular formula is C19H15FN2O2S. The summed E-state index contributed by atoms with van der Waals surface area (Å²) < 4.78 is 13.2. The fourth-order valence-electron chi connectivity index (χ4n) is 2.28. The number of nitrogens with zero attached hydrogens (tertiary/aromatic N) is 2. The van der Waals surface area contributed by atoms with Gasteiger partial charge in [0.15, 0.2) is 5.17 Å². The van der Waals surface area contributed by atoms with Gasteiger partial charge in [-0.25, -0.2) is 9.38 Å². The number of rotatable bonds is 4. The number of anilines is 1. The number of carbonyl (C=O) groups is 2. The molecule has 2 aromatic rings. The van der Waals surface area contributed by atoms with E-state index in [2.05, 4.69) is 4.99 Å². The first kappa shape index (κ1) is 17.1. The summed E-state index contributed by atoms with van der Waals surface area (Å²) >= 11 is 1.19. The maximum absolute atomic E-state index is 13.2. The van der Waals surface area contributed by atoms with E-state index in [1.807, 2.05) is 30.3 Å². The fraction of sp³-hybridized carbons (Fsp3) is 0.105. The Balaban J connectivity index is 1.97. The molecular weight excluding hydrogens is 339 g/mol. The number of carbonyl (C=O) groups excluding carboxylic acids is 2. The Bertz CT molecular complexity index is 861. The van der Waals surface area contributed by atoms with E-state index in [1.54, 1.807) is 6.08 Å². The Kier molecular flexibility index (Phi) is 5.09. The number of hydrogen-bond donors (Lipinski definition) is 0. The first-order chi connectivity index (χ1) is 12.0. The second-order valence-electron chi connectivity index (χ2n) is 5.44. The van der Waals surface area contributed by atoms with Crippen LogP contribution in [0.25, 0.3) is 6.08 Å². The van der Waals surface area contributed by atoms with Gasteiger partial charge in [-0.2, -0.15) is 0 Å². The molecule has 0 unspecified atom stereocenters. The van der Waals surface area contributed by atoms with Gasteiger partial charge in [-0.15, -0.1) is 0 Å². The van der Waals surface area contributed by atoms with Crippen LogP contribution in [0.4, 0.5) is 10.1 Å². The molecule has 126 valence electrons. The highest BCUT2D eigenvalue weighted by Crippen LogP contribution is 2.29. The topological polar surface area (TPSA) is 49.7 Å². The molecule has 0 fully saturated rings. The summed E-state index contributed by atoms with van der Waals surface area (Å²) in [5.74, 6) is -0.492. The van der Waals surface area contributed by atoms with Gasteiger partial charge < -0.3 is 0 Å². The van der Waals surface area contributed by atoms with Crippen molar-refractivity contribution < 1.29 is 14.0 Å². The zero-order valence-electron chi connectivity index (χ0n) is 13.5. The zero-order valence-corrected chi connectivity index (χ0v) is 14.3. The predicted molar refractivity (Wildman–Crippen MR) is 98.9 cm³/mol. The number of aliphatic imine (C=N–C) groups is 1. The van der Waals surface area contributed by atoms with Crippen LogP contribution in [-0.4, -0.2) is 22.6 Å². The molecule has 1 heterocycles. The molecule has 4 nitrogen and oxygen atoms in total. The summed E-state index contributed by atoms with van der Waals surface area (Å²) in [4.78, 5) is 29.9. The number of benzene rings is 2. The maximum atomic E-state index is 13.2. The highest BCUT2D eigenvalue weighted by molar-refractivity contribution is 8.14. The normalized spacial score (nSPS) is 15.6. The molecule has 0 atom stereocenters. The molecule has 0 saturated heterocycles. The van der Waals surface area contributed by atoms with Gasteiger partial charge in [-0.3, -0.25) is 14.5 Å². The van der Waals surface area contributed by atoms with E-state index in [0.29, 0.717) is 10.9 Å². The van der Waals surface area contributed by atoms with E-state index >= 15 is 0 Å². The molecule has 0 radical (unpaired) electrons. The summed E-state index contributed by atoms with van der Waals surface area (Å²) in [5, 5.41) is 0.411. The molecule has 0 bridgehead atoms. The standard InChI is InChI=1S/C19H15FN2O2S/c1-13(23)12-25-19-21-17(11-14-5-3-2-4-6-14)18(24)22(19)16-9-7-15(20)8-10-16/h2-11H,12H2,1H3.